The van der Waals surface area contributed by atoms with Crippen LogP contribution in [0.25, 0.3) is 33.5 Å². The molecule has 2 heterocycles. The van der Waals surface area contributed by atoms with Gasteiger partial charge in [0.25, 0.3) is 5.56 Å². The van der Waals surface area contributed by atoms with Gasteiger partial charge in [0.1, 0.15) is 11.3 Å². The standard InChI is InChI=1S/C31H29N3O7/c1-5-38-27-15-20(13-14-26(27)39-18-29(35)40-19(2)3)17-32-34-30(33-23-10-7-6-9-21(23)31(34)36)28-16-22-24(37-4)11-8-12-25(22)41-28/h6-17,19H,5,18H2,1-4H3. The third-order valence-electron chi connectivity index (χ3n) is 6.02. The number of para-hydroxylation sites is 1. The van der Waals surface area contributed by atoms with Crippen molar-refractivity contribution < 1.29 is 28.2 Å². The summed E-state index contributed by atoms with van der Waals surface area (Å²) in [7, 11) is 1.58. The van der Waals surface area contributed by atoms with Crippen LogP contribution in [-0.2, 0) is 9.53 Å². The number of carbonyl (C=O) groups excluding carboxylic acids is 1. The summed E-state index contributed by atoms with van der Waals surface area (Å²) < 4.78 is 29.2. The summed E-state index contributed by atoms with van der Waals surface area (Å²) in [5, 5.41) is 5.67. The smallest absolute Gasteiger partial charge is 0.344 e. The minimum atomic E-state index is -0.480. The molecule has 0 aliphatic rings. The van der Waals surface area contributed by atoms with Crippen molar-refractivity contribution in [1.29, 1.82) is 0 Å². The van der Waals surface area contributed by atoms with Crippen molar-refractivity contribution in [2.45, 2.75) is 26.9 Å². The molecule has 2 aromatic heterocycles. The number of nitrogens with zero attached hydrogens (tertiary/aromatic N) is 3. The second-order valence-electron chi connectivity index (χ2n) is 9.26. The molecule has 3 aromatic carbocycles. The molecule has 0 saturated heterocycles. The molecule has 0 aliphatic carbocycles. The maximum Gasteiger partial charge on any atom is 0.344 e. The van der Waals surface area contributed by atoms with Gasteiger partial charge in [-0.2, -0.15) is 9.78 Å². The van der Waals surface area contributed by atoms with Gasteiger partial charge in [0, 0.05) is 0 Å². The van der Waals surface area contributed by atoms with Crippen LogP contribution in [0.1, 0.15) is 26.3 Å². The molecule has 10 heteroatoms. The van der Waals surface area contributed by atoms with Crippen LogP contribution in [0.4, 0.5) is 0 Å². The molecule has 0 atom stereocenters. The second-order valence-corrected chi connectivity index (χ2v) is 9.26. The van der Waals surface area contributed by atoms with Crippen LogP contribution in [0, 0.1) is 0 Å². The van der Waals surface area contributed by atoms with Gasteiger partial charge >= 0.3 is 5.97 Å². The van der Waals surface area contributed by atoms with Gasteiger partial charge in [-0.1, -0.05) is 18.2 Å². The molecule has 0 spiro atoms. The Morgan fingerprint density at radius 1 is 1.00 bits per heavy atom. The number of ether oxygens (including phenoxy) is 4. The number of carbonyl (C=O) groups is 1. The number of benzene rings is 3. The molecule has 5 aromatic rings. The lowest BCUT2D eigenvalue weighted by Gasteiger charge is -2.13. The summed E-state index contributed by atoms with van der Waals surface area (Å²) in [4.78, 5) is 30.2. The molecule has 5 rings (SSSR count). The molecule has 0 fully saturated rings. The van der Waals surface area contributed by atoms with E-state index in [0.717, 1.165) is 5.39 Å². The summed E-state index contributed by atoms with van der Waals surface area (Å²) in [6, 6.07) is 19.4. The van der Waals surface area contributed by atoms with Gasteiger partial charge < -0.3 is 23.4 Å². The van der Waals surface area contributed by atoms with Crippen LogP contribution in [-0.4, -0.2) is 48.3 Å². The molecule has 0 aliphatic heterocycles. The van der Waals surface area contributed by atoms with Crippen molar-refractivity contribution in [3.63, 3.8) is 0 Å². The number of hydrogen-bond donors (Lipinski definition) is 0. The Morgan fingerprint density at radius 3 is 2.61 bits per heavy atom. The first-order valence-electron chi connectivity index (χ1n) is 13.1. The van der Waals surface area contributed by atoms with Crippen LogP contribution < -0.4 is 19.8 Å². The van der Waals surface area contributed by atoms with Gasteiger partial charge in [-0.05, 0) is 74.9 Å². The minimum absolute atomic E-state index is 0.233. The predicted molar refractivity (Wildman–Crippen MR) is 155 cm³/mol. The zero-order chi connectivity index (χ0) is 28.9. The van der Waals surface area contributed by atoms with Gasteiger partial charge in [-0.25, -0.2) is 9.78 Å². The van der Waals surface area contributed by atoms with E-state index in [2.05, 4.69) is 5.10 Å². The summed E-state index contributed by atoms with van der Waals surface area (Å²) in [5.74, 6) is 1.55. The summed E-state index contributed by atoms with van der Waals surface area (Å²) in [5.41, 5.74) is 1.37. The Kier molecular flexibility index (Phi) is 8.00. The molecule has 0 unspecified atom stereocenters. The van der Waals surface area contributed by atoms with Crippen molar-refractivity contribution in [2.24, 2.45) is 5.10 Å². The highest BCUT2D eigenvalue weighted by atomic mass is 16.6. The van der Waals surface area contributed by atoms with E-state index < -0.39 is 5.97 Å². The Labute approximate surface area is 235 Å². The minimum Gasteiger partial charge on any atom is -0.496 e. The fourth-order valence-electron chi connectivity index (χ4n) is 4.26. The van der Waals surface area contributed by atoms with Crippen molar-refractivity contribution in [3.05, 3.63) is 82.6 Å². The topological polar surface area (TPSA) is 114 Å². The van der Waals surface area contributed by atoms with Crippen molar-refractivity contribution in [2.75, 3.05) is 20.3 Å². The monoisotopic (exact) mass is 555 g/mol. The lowest BCUT2D eigenvalue weighted by molar-refractivity contribution is -0.149. The van der Waals surface area contributed by atoms with Gasteiger partial charge in [-0.15, -0.1) is 0 Å². The van der Waals surface area contributed by atoms with Crippen LogP contribution in [0.3, 0.4) is 0 Å². The maximum atomic E-state index is 13.6. The van der Waals surface area contributed by atoms with Gasteiger partial charge in [-0.3, -0.25) is 4.79 Å². The lowest BCUT2D eigenvalue weighted by Crippen LogP contribution is -2.20. The number of methoxy groups -OCH3 is 1. The number of rotatable bonds is 10. The molecule has 0 bridgehead atoms. The fourth-order valence-corrected chi connectivity index (χ4v) is 4.26. The van der Waals surface area contributed by atoms with E-state index in [1.807, 2.05) is 31.2 Å². The molecular formula is C31H29N3O7. The van der Waals surface area contributed by atoms with Gasteiger partial charge in [0.15, 0.2) is 23.9 Å². The number of aromatic nitrogens is 2. The zero-order valence-electron chi connectivity index (χ0n) is 23.1. The Bertz CT molecular complexity index is 1800. The van der Waals surface area contributed by atoms with E-state index in [0.29, 0.717) is 51.7 Å². The first-order valence-corrected chi connectivity index (χ1v) is 13.1. The predicted octanol–water partition coefficient (Wildman–Crippen LogP) is 5.43. The van der Waals surface area contributed by atoms with Crippen LogP contribution in [0.5, 0.6) is 17.2 Å². The summed E-state index contributed by atoms with van der Waals surface area (Å²) in [6.45, 7) is 5.50. The number of furan rings is 1. The maximum absolute atomic E-state index is 13.6. The molecule has 10 nitrogen and oxygen atoms in total. The lowest BCUT2D eigenvalue weighted by atomic mass is 10.2. The normalized spacial score (nSPS) is 11.4. The average Bonchev–Trinajstić information content (AvgIpc) is 3.40. The average molecular weight is 556 g/mol. The second kappa shape index (κ2) is 12.0. The van der Waals surface area contributed by atoms with Crippen LogP contribution in [0.2, 0.25) is 0 Å². The molecule has 0 radical (unpaired) electrons. The zero-order valence-corrected chi connectivity index (χ0v) is 23.1. The Balaban J connectivity index is 1.54. The first-order chi connectivity index (χ1) is 19.9. The SMILES string of the molecule is CCOc1cc(C=Nn2c(-c3cc4c(OC)cccc4o3)nc3ccccc3c2=O)ccc1OCC(=O)OC(C)C. The molecule has 41 heavy (non-hydrogen) atoms. The van der Waals surface area contributed by atoms with E-state index in [-0.39, 0.29) is 24.1 Å². The Hall–Kier alpha value is -5.12. The quantitative estimate of drug-likeness (QED) is 0.166. The van der Waals surface area contributed by atoms with Gasteiger partial charge in [0.05, 0.1) is 42.3 Å². The Morgan fingerprint density at radius 2 is 1.83 bits per heavy atom. The molecule has 0 N–H and O–H groups in total. The highest BCUT2D eigenvalue weighted by Crippen LogP contribution is 2.33. The third-order valence-corrected chi connectivity index (χ3v) is 6.02. The largest absolute Gasteiger partial charge is 0.496 e. The molecule has 0 amide bonds. The van der Waals surface area contributed by atoms with E-state index in [1.54, 1.807) is 63.4 Å². The van der Waals surface area contributed by atoms with Crippen LogP contribution >= 0.6 is 0 Å². The summed E-state index contributed by atoms with van der Waals surface area (Å²) in [6.07, 6.45) is 1.28. The van der Waals surface area contributed by atoms with Gasteiger partial charge in [0.2, 0.25) is 5.82 Å². The number of fused-ring (bicyclic) bond motifs is 2. The number of hydrogen-bond acceptors (Lipinski definition) is 9. The highest BCUT2D eigenvalue weighted by molar-refractivity contribution is 5.88. The molecular weight excluding hydrogens is 526 g/mol. The van der Waals surface area contributed by atoms with Crippen LogP contribution in [0.15, 0.2) is 81.0 Å². The highest BCUT2D eigenvalue weighted by Gasteiger charge is 2.18. The molecule has 0 saturated carbocycles. The van der Waals surface area contributed by atoms with Crippen molar-refractivity contribution in [3.8, 4) is 28.8 Å². The van der Waals surface area contributed by atoms with Crippen molar-refractivity contribution >= 4 is 34.1 Å². The fraction of sp³-hybridized carbons (Fsp3) is 0.226. The van der Waals surface area contributed by atoms with Crippen molar-refractivity contribution in [1.82, 2.24) is 9.66 Å². The van der Waals surface area contributed by atoms with E-state index >= 15 is 0 Å². The first kappa shape index (κ1) is 27.4. The third kappa shape index (κ3) is 5.91. The van der Waals surface area contributed by atoms with E-state index in [9.17, 15) is 9.59 Å². The molecule has 210 valence electrons. The number of esters is 1. The van der Waals surface area contributed by atoms with E-state index in [4.69, 9.17) is 28.3 Å². The summed E-state index contributed by atoms with van der Waals surface area (Å²) >= 11 is 0. The van der Waals surface area contributed by atoms with E-state index in [1.165, 1.54) is 10.9 Å².